The van der Waals surface area contributed by atoms with Gasteiger partial charge in [-0.1, -0.05) is 46.2 Å². The maximum absolute atomic E-state index is 6.35. The lowest BCUT2D eigenvalue weighted by Crippen LogP contribution is -2.35. The molecule has 1 aromatic rings. The molecule has 0 aliphatic carbocycles. The molecule has 0 aromatic carbocycles. The van der Waals surface area contributed by atoms with Gasteiger partial charge in [-0.15, -0.1) is 0 Å². The summed E-state index contributed by atoms with van der Waals surface area (Å²) >= 11 is 6.35. The molecule has 4 heteroatoms. The van der Waals surface area contributed by atoms with Crippen molar-refractivity contribution in [2.75, 3.05) is 6.54 Å². The molecule has 0 aliphatic heterocycles. The molecule has 0 radical (unpaired) electrons. The molecule has 1 aromatic heterocycles. The summed E-state index contributed by atoms with van der Waals surface area (Å²) in [6, 6.07) is 0.244. The van der Waals surface area contributed by atoms with E-state index in [9.17, 15) is 0 Å². The van der Waals surface area contributed by atoms with E-state index in [1.165, 1.54) is 0 Å². The minimum atomic E-state index is 0.158. The van der Waals surface area contributed by atoms with Gasteiger partial charge in [0.25, 0.3) is 0 Å². The van der Waals surface area contributed by atoms with Crippen LogP contribution < -0.4 is 5.32 Å². The number of hydrogen-bond donors (Lipinski definition) is 1. The highest BCUT2D eigenvalue weighted by atomic mass is 35.5. The summed E-state index contributed by atoms with van der Waals surface area (Å²) < 4.78 is 2.05. The van der Waals surface area contributed by atoms with E-state index in [0.717, 1.165) is 36.6 Å². The van der Waals surface area contributed by atoms with Gasteiger partial charge in [0.05, 0.1) is 23.0 Å². The van der Waals surface area contributed by atoms with Crippen LogP contribution in [0.15, 0.2) is 6.20 Å². The third-order valence-corrected chi connectivity index (χ3v) is 3.93. The Bertz CT molecular complexity index is 371. The van der Waals surface area contributed by atoms with Crippen molar-refractivity contribution in [3.63, 3.8) is 0 Å². The molecule has 0 bridgehead atoms. The number of hydrogen-bond acceptors (Lipinski definition) is 2. The maximum Gasteiger partial charge on any atom is 0.0834 e. The third-order valence-electron chi connectivity index (χ3n) is 3.64. The zero-order chi connectivity index (χ0) is 13.8. The second-order valence-electron chi connectivity index (χ2n) is 5.43. The highest BCUT2D eigenvalue weighted by molar-refractivity contribution is 6.31. The summed E-state index contributed by atoms with van der Waals surface area (Å²) in [6.07, 6.45) is 3.93. The van der Waals surface area contributed by atoms with Crippen molar-refractivity contribution in [1.82, 2.24) is 15.1 Å². The molecule has 1 atom stereocenters. The van der Waals surface area contributed by atoms with Crippen LogP contribution in [-0.2, 0) is 6.54 Å². The Hall–Kier alpha value is -0.540. The average molecular weight is 272 g/mol. The maximum atomic E-state index is 6.35. The zero-order valence-corrected chi connectivity index (χ0v) is 13.0. The minimum Gasteiger partial charge on any atom is -0.308 e. The number of nitrogens with one attached hydrogen (secondary N) is 1. The Morgan fingerprint density at radius 1 is 1.39 bits per heavy atom. The molecule has 0 spiro atoms. The van der Waals surface area contributed by atoms with Gasteiger partial charge >= 0.3 is 0 Å². The van der Waals surface area contributed by atoms with Gasteiger partial charge in [-0.05, 0) is 24.8 Å². The number of aryl methyl sites for hydroxylation is 1. The van der Waals surface area contributed by atoms with E-state index in [2.05, 4.69) is 45.0 Å². The molecule has 0 saturated carbocycles. The molecular formula is C14H26ClN3. The van der Waals surface area contributed by atoms with Crippen LogP contribution in [0.1, 0.15) is 59.2 Å². The van der Waals surface area contributed by atoms with Crippen molar-refractivity contribution in [2.45, 2.75) is 60.0 Å². The fourth-order valence-electron chi connectivity index (χ4n) is 2.20. The number of aromatic nitrogens is 2. The molecule has 3 nitrogen and oxygen atoms in total. The van der Waals surface area contributed by atoms with Crippen molar-refractivity contribution in [2.24, 2.45) is 5.41 Å². The van der Waals surface area contributed by atoms with E-state index in [0.29, 0.717) is 0 Å². The van der Waals surface area contributed by atoms with Crippen LogP contribution in [0, 0.1) is 5.41 Å². The second kappa shape index (κ2) is 6.58. The van der Waals surface area contributed by atoms with Crippen LogP contribution in [-0.4, -0.2) is 16.3 Å². The van der Waals surface area contributed by atoms with Crippen LogP contribution in [0.2, 0.25) is 5.02 Å². The van der Waals surface area contributed by atoms with Crippen LogP contribution in [0.4, 0.5) is 0 Å². The monoisotopic (exact) mass is 271 g/mol. The molecule has 1 N–H and O–H groups in total. The molecule has 1 heterocycles. The lowest BCUT2D eigenvalue weighted by Gasteiger charge is -2.34. The van der Waals surface area contributed by atoms with Gasteiger partial charge in [-0.3, -0.25) is 4.68 Å². The van der Waals surface area contributed by atoms with Crippen molar-refractivity contribution >= 4 is 11.6 Å². The highest BCUT2D eigenvalue weighted by Crippen LogP contribution is 2.39. The fraction of sp³-hybridized carbons (Fsp3) is 0.786. The van der Waals surface area contributed by atoms with Gasteiger partial charge in [0.2, 0.25) is 0 Å². The first kappa shape index (κ1) is 15.5. The molecule has 0 saturated heterocycles. The molecule has 0 aliphatic rings. The van der Waals surface area contributed by atoms with Gasteiger partial charge in [-0.25, -0.2) is 0 Å². The standard InChI is InChI=1S/C14H26ClN3/c1-6-9-18-12(11(15)10-17-18)13(16-8-3)14(4,5)7-2/h10,13,16H,6-9H2,1-5H3. The highest BCUT2D eigenvalue weighted by Gasteiger charge is 2.32. The van der Waals surface area contributed by atoms with Gasteiger partial charge in [0.1, 0.15) is 0 Å². The molecule has 1 unspecified atom stereocenters. The Morgan fingerprint density at radius 2 is 2.06 bits per heavy atom. The predicted octanol–water partition coefficient (Wildman–Crippen LogP) is 4.03. The molecule has 1 rings (SSSR count). The Kier molecular flexibility index (Phi) is 5.67. The summed E-state index contributed by atoms with van der Waals surface area (Å²) in [6.45, 7) is 12.9. The number of rotatable bonds is 7. The van der Waals surface area contributed by atoms with Crippen LogP contribution >= 0.6 is 11.6 Å². The van der Waals surface area contributed by atoms with E-state index >= 15 is 0 Å². The molecule has 104 valence electrons. The van der Waals surface area contributed by atoms with E-state index < -0.39 is 0 Å². The Balaban J connectivity index is 3.16. The van der Waals surface area contributed by atoms with Crippen molar-refractivity contribution < 1.29 is 0 Å². The molecular weight excluding hydrogens is 246 g/mol. The minimum absolute atomic E-state index is 0.158. The zero-order valence-electron chi connectivity index (χ0n) is 12.3. The molecule has 0 amide bonds. The largest absolute Gasteiger partial charge is 0.308 e. The molecule has 18 heavy (non-hydrogen) atoms. The third kappa shape index (κ3) is 3.27. The van der Waals surface area contributed by atoms with Crippen molar-refractivity contribution in [3.8, 4) is 0 Å². The first-order valence-electron chi connectivity index (χ1n) is 6.92. The SMILES string of the molecule is CCCn1ncc(Cl)c1C(NCC)C(C)(C)CC. The van der Waals surface area contributed by atoms with Gasteiger partial charge in [0.15, 0.2) is 0 Å². The lowest BCUT2D eigenvalue weighted by molar-refractivity contribution is 0.225. The quantitative estimate of drug-likeness (QED) is 0.811. The summed E-state index contributed by atoms with van der Waals surface area (Å²) in [4.78, 5) is 0. The average Bonchev–Trinajstić information content (AvgIpc) is 2.68. The van der Waals surface area contributed by atoms with E-state index in [1.807, 2.05) is 4.68 Å². The van der Waals surface area contributed by atoms with Gasteiger partial charge in [-0.2, -0.15) is 5.10 Å². The topological polar surface area (TPSA) is 29.9 Å². The van der Waals surface area contributed by atoms with Crippen molar-refractivity contribution in [3.05, 3.63) is 16.9 Å². The van der Waals surface area contributed by atoms with Crippen molar-refractivity contribution in [1.29, 1.82) is 0 Å². The lowest BCUT2D eigenvalue weighted by atomic mass is 9.80. The van der Waals surface area contributed by atoms with Gasteiger partial charge < -0.3 is 5.32 Å². The predicted molar refractivity (Wildman–Crippen MR) is 78.0 cm³/mol. The van der Waals surface area contributed by atoms with Crippen LogP contribution in [0.3, 0.4) is 0 Å². The summed E-state index contributed by atoms with van der Waals surface area (Å²) in [5.74, 6) is 0. The summed E-state index contributed by atoms with van der Waals surface area (Å²) in [5, 5.41) is 8.75. The number of nitrogens with zero attached hydrogens (tertiary/aromatic N) is 2. The summed E-state index contributed by atoms with van der Waals surface area (Å²) in [7, 11) is 0. The fourth-order valence-corrected chi connectivity index (χ4v) is 2.45. The first-order chi connectivity index (χ1) is 8.47. The first-order valence-corrected chi connectivity index (χ1v) is 7.30. The van der Waals surface area contributed by atoms with Gasteiger partial charge in [0, 0.05) is 6.54 Å². The molecule has 0 fully saturated rings. The van der Waals surface area contributed by atoms with E-state index in [-0.39, 0.29) is 11.5 Å². The smallest absolute Gasteiger partial charge is 0.0834 e. The van der Waals surface area contributed by atoms with Crippen LogP contribution in [0.25, 0.3) is 0 Å². The second-order valence-corrected chi connectivity index (χ2v) is 5.84. The number of halogens is 1. The Labute approximate surface area is 116 Å². The Morgan fingerprint density at radius 3 is 2.56 bits per heavy atom. The van der Waals surface area contributed by atoms with Crippen LogP contribution in [0.5, 0.6) is 0 Å². The van der Waals surface area contributed by atoms with E-state index in [4.69, 9.17) is 11.6 Å². The normalized spacial score (nSPS) is 13.9. The van der Waals surface area contributed by atoms with E-state index in [1.54, 1.807) is 6.20 Å². The summed E-state index contributed by atoms with van der Waals surface area (Å²) in [5.41, 5.74) is 1.29.